The second-order valence-corrected chi connectivity index (χ2v) is 6.40. The van der Waals surface area contributed by atoms with Crippen LogP contribution >= 0.6 is 11.6 Å². The van der Waals surface area contributed by atoms with E-state index in [0.29, 0.717) is 17.6 Å². The maximum absolute atomic E-state index is 13.9. The first-order valence-electron chi connectivity index (χ1n) is 8.18. The predicted molar refractivity (Wildman–Crippen MR) is 100 cm³/mol. The second kappa shape index (κ2) is 7.25. The largest absolute Gasteiger partial charge is 0.331 e. The molecule has 0 fully saturated rings. The highest BCUT2D eigenvalue weighted by Crippen LogP contribution is 2.20. The highest BCUT2D eigenvalue weighted by Gasteiger charge is 2.17. The van der Waals surface area contributed by atoms with Crippen molar-refractivity contribution in [2.75, 3.05) is 5.32 Å². The molecule has 7 heteroatoms. The van der Waals surface area contributed by atoms with Crippen LogP contribution in [0.4, 0.5) is 10.1 Å². The van der Waals surface area contributed by atoms with E-state index in [1.54, 1.807) is 16.7 Å². The Morgan fingerprint density at radius 1 is 1.31 bits per heavy atom. The number of anilines is 1. The van der Waals surface area contributed by atoms with E-state index in [1.165, 1.54) is 18.3 Å². The van der Waals surface area contributed by atoms with Gasteiger partial charge in [0.25, 0.3) is 5.91 Å². The van der Waals surface area contributed by atoms with E-state index < -0.39 is 17.2 Å². The van der Waals surface area contributed by atoms with Crippen molar-refractivity contribution in [3.63, 3.8) is 0 Å². The van der Waals surface area contributed by atoms with Crippen LogP contribution in [0.25, 0.3) is 11.0 Å². The quantitative estimate of drug-likeness (QED) is 0.746. The normalized spacial score (nSPS) is 10.9. The molecule has 0 aliphatic heterocycles. The van der Waals surface area contributed by atoms with E-state index >= 15 is 0 Å². The van der Waals surface area contributed by atoms with Gasteiger partial charge in [0.2, 0.25) is 5.43 Å². The molecule has 1 N–H and O–H groups in total. The highest BCUT2D eigenvalue weighted by atomic mass is 35.5. The molecule has 2 heterocycles. The van der Waals surface area contributed by atoms with Crippen molar-refractivity contribution < 1.29 is 9.18 Å². The van der Waals surface area contributed by atoms with Crippen molar-refractivity contribution in [2.24, 2.45) is 0 Å². The van der Waals surface area contributed by atoms with Gasteiger partial charge in [-0.2, -0.15) is 0 Å². The molecule has 0 unspecified atom stereocenters. The number of amides is 1. The van der Waals surface area contributed by atoms with Gasteiger partial charge in [0, 0.05) is 23.5 Å². The molecule has 5 nitrogen and oxygen atoms in total. The summed E-state index contributed by atoms with van der Waals surface area (Å²) < 4.78 is 15.7. The summed E-state index contributed by atoms with van der Waals surface area (Å²) in [4.78, 5) is 29.8. The Morgan fingerprint density at radius 2 is 2.08 bits per heavy atom. The Bertz CT molecular complexity index is 1060. The van der Waals surface area contributed by atoms with Gasteiger partial charge in [-0.1, -0.05) is 18.5 Å². The molecule has 3 aromatic rings. The number of carbonyl (C=O) groups excluding carboxylic acids is 1. The van der Waals surface area contributed by atoms with E-state index in [0.717, 1.165) is 18.2 Å². The zero-order valence-corrected chi connectivity index (χ0v) is 15.1. The SMILES string of the molecule is CCCn1cc(C(=O)Nc2ccc(Cl)cc2F)c(=O)c2ccc(C)nc21. The number of rotatable bonds is 4. The van der Waals surface area contributed by atoms with Crippen molar-refractivity contribution in [3.8, 4) is 0 Å². The van der Waals surface area contributed by atoms with Gasteiger partial charge in [-0.15, -0.1) is 0 Å². The summed E-state index contributed by atoms with van der Waals surface area (Å²) in [6.07, 6.45) is 2.28. The maximum atomic E-state index is 13.9. The van der Waals surface area contributed by atoms with Gasteiger partial charge < -0.3 is 9.88 Å². The minimum Gasteiger partial charge on any atom is -0.331 e. The molecule has 0 saturated carbocycles. The zero-order chi connectivity index (χ0) is 18.8. The number of fused-ring (bicyclic) bond motifs is 1. The molecular weight excluding hydrogens is 357 g/mol. The first-order chi connectivity index (χ1) is 12.4. The van der Waals surface area contributed by atoms with E-state index in [2.05, 4.69) is 10.3 Å². The fourth-order valence-electron chi connectivity index (χ4n) is 2.71. The Hall–Kier alpha value is -2.73. The molecule has 0 spiro atoms. The van der Waals surface area contributed by atoms with Crippen LogP contribution in [-0.4, -0.2) is 15.5 Å². The monoisotopic (exact) mass is 373 g/mol. The standard InChI is InChI=1S/C19H17ClFN3O2/c1-3-8-24-10-14(17(25)13-6-4-11(2)22-18(13)24)19(26)23-16-7-5-12(20)9-15(16)21/h4-7,9-10H,3,8H2,1-2H3,(H,23,26). The van der Waals surface area contributed by atoms with Crippen molar-refractivity contribution >= 4 is 34.2 Å². The fourth-order valence-corrected chi connectivity index (χ4v) is 2.87. The highest BCUT2D eigenvalue weighted by molar-refractivity contribution is 6.30. The minimum absolute atomic E-state index is 0.0389. The van der Waals surface area contributed by atoms with Crippen LogP contribution < -0.4 is 10.7 Å². The van der Waals surface area contributed by atoms with E-state index in [-0.39, 0.29) is 16.3 Å². The number of benzene rings is 1. The van der Waals surface area contributed by atoms with Gasteiger partial charge in [0.05, 0.1) is 11.1 Å². The fraction of sp³-hybridized carbons (Fsp3) is 0.211. The van der Waals surface area contributed by atoms with Gasteiger partial charge >= 0.3 is 0 Å². The Kier molecular flexibility index (Phi) is 5.04. The molecule has 0 atom stereocenters. The van der Waals surface area contributed by atoms with Crippen LogP contribution in [0, 0.1) is 12.7 Å². The van der Waals surface area contributed by atoms with Crippen LogP contribution in [0.1, 0.15) is 29.4 Å². The molecule has 2 aromatic heterocycles. The van der Waals surface area contributed by atoms with Crippen LogP contribution in [-0.2, 0) is 6.54 Å². The van der Waals surface area contributed by atoms with Crippen molar-refractivity contribution in [3.05, 3.63) is 68.8 Å². The average molecular weight is 374 g/mol. The summed E-state index contributed by atoms with van der Waals surface area (Å²) in [6.45, 7) is 4.43. The third-order valence-corrected chi connectivity index (χ3v) is 4.18. The van der Waals surface area contributed by atoms with Crippen LogP contribution in [0.5, 0.6) is 0 Å². The molecule has 0 saturated heterocycles. The van der Waals surface area contributed by atoms with Crippen molar-refractivity contribution in [2.45, 2.75) is 26.8 Å². The molecule has 3 rings (SSSR count). The lowest BCUT2D eigenvalue weighted by atomic mass is 10.1. The molecular formula is C19H17ClFN3O2. The molecule has 1 aromatic carbocycles. The van der Waals surface area contributed by atoms with Gasteiger partial charge in [0.15, 0.2) is 0 Å². The number of nitrogens with one attached hydrogen (secondary N) is 1. The molecule has 0 aliphatic rings. The summed E-state index contributed by atoms with van der Waals surface area (Å²) in [5, 5.41) is 3.01. The molecule has 26 heavy (non-hydrogen) atoms. The molecule has 0 radical (unpaired) electrons. The lowest BCUT2D eigenvalue weighted by Crippen LogP contribution is -2.24. The van der Waals surface area contributed by atoms with Crippen LogP contribution in [0.15, 0.2) is 41.3 Å². The minimum atomic E-state index is -0.677. The number of aromatic nitrogens is 2. The third kappa shape index (κ3) is 3.46. The molecule has 134 valence electrons. The van der Waals surface area contributed by atoms with Gasteiger partial charge in [-0.25, -0.2) is 9.37 Å². The number of carbonyl (C=O) groups is 1. The van der Waals surface area contributed by atoms with Crippen LogP contribution in [0.2, 0.25) is 5.02 Å². The van der Waals surface area contributed by atoms with Gasteiger partial charge in [-0.3, -0.25) is 9.59 Å². The molecule has 1 amide bonds. The first kappa shape index (κ1) is 18.1. The smallest absolute Gasteiger partial charge is 0.261 e. The Labute approximate surface area is 154 Å². The number of hydrogen-bond acceptors (Lipinski definition) is 3. The zero-order valence-electron chi connectivity index (χ0n) is 14.3. The van der Waals surface area contributed by atoms with E-state index in [1.807, 2.05) is 13.8 Å². The lowest BCUT2D eigenvalue weighted by Gasteiger charge is -2.13. The average Bonchev–Trinajstić information content (AvgIpc) is 2.59. The number of aryl methyl sites for hydroxylation is 2. The predicted octanol–water partition coefficient (Wildman–Crippen LogP) is 4.16. The van der Waals surface area contributed by atoms with E-state index in [9.17, 15) is 14.0 Å². The van der Waals surface area contributed by atoms with Gasteiger partial charge in [-0.05, 0) is 43.7 Å². The second-order valence-electron chi connectivity index (χ2n) is 5.97. The summed E-state index contributed by atoms with van der Waals surface area (Å²) in [5.41, 5.74) is 0.772. The third-order valence-electron chi connectivity index (χ3n) is 3.95. The number of halogens is 2. The van der Waals surface area contributed by atoms with Crippen molar-refractivity contribution in [1.82, 2.24) is 9.55 Å². The maximum Gasteiger partial charge on any atom is 0.261 e. The van der Waals surface area contributed by atoms with Crippen LogP contribution in [0.3, 0.4) is 0 Å². The van der Waals surface area contributed by atoms with Gasteiger partial charge in [0.1, 0.15) is 17.0 Å². The number of nitrogens with zero attached hydrogens (tertiary/aromatic N) is 2. The summed E-state index contributed by atoms with van der Waals surface area (Å²) in [6, 6.07) is 7.29. The number of pyridine rings is 2. The Balaban J connectivity index is 2.09. The summed E-state index contributed by atoms with van der Waals surface area (Å²) >= 11 is 5.72. The summed E-state index contributed by atoms with van der Waals surface area (Å²) in [5.74, 6) is -1.35. The van der Waals surface area contributed by atoms with Crippen molar-refractivity contribution in [1.29, 1.82) is 0 Å². The topological polar surface area (TPSA) is 64.0 Å². The lowest BCUT2D eigenvalue weighted by molar-refractivity contribution is 0.102. The number of hydrogen-bond donors (Lipinski definition) is 1. The Morgan fingerprint density at radius 3 is 2.77 bits per heavy atom. The van der Waals surface area contributed by atoms with E-state index in [4.69, 9.17) is 11.6 Å². The summed E-state index contributed by atoms with van der Waals surface area (Å²) in [7, 11) is 0. The first-order valence-corrected chi connectivity index (χ1v) is 8.55. The molecule has 0 bridgehead atoms. The molecule has 0 aliphatic carbocycles.